The maximum Gasteiger partial charge on any atom is 0.407 e. The van der Waals surface area contributed by atoms with Crippen molar-refractivity contribution < 1.29 is 9.90 Å². The van der Waals surface area contributed by atoms with Crippen molar-refractivity contribution in [1.29, 1.82) is 0 Å². The Labute approximate surface area is 129 Å². The molecule has 1 aromatic rings. The van der Waals surface area contributed by atoms with Crippen LogP contribution in [-0.2, 0) is 6.54 Å². The van der Waals surface area contributed by atoms with Crippen molar-refractivity contribution in [2.24, 2.45) is 5.92 Å². The van der Waals surface area contributed by atoms with Crippen molar-refractivity contribution in [2.75, 3.05) is 45.8 Å². The summed E-state index contributed by atoms with van der Waals surface area (Å²) in [6.07, 6.45) is 1.63. The third-order valence-corrected chi connectivity index (χ3v) is 4.52. The number of H-pyrrole nitrogens is 1. The predicted octanol–water partition coefficient (Wildman–Crippen LogP) is -0.293. The van der Waals surface area contributed by atoms with Gasteiger partial charge < -0.3 is 10.0 Å². The van der Waals surface area contributed by atoms with E-state index >= 15 is 0 Å². The van der Waals surface area contributed by atoms with Gasteiger partial charge in [0.25, 0.3) is 0 Å². The zero-order valence-corrected chi connectivity index (χ0v) is 12.7. The highest BCUT2D eigenvalue weighted by Gasteiger charge is 2.26. The van der Waals surface area contributed by atoms with Gasteiger partial charge >= 0.3 is 6.09 Å². The average molecular weight is 309 g/mol. The second kappa shape index (κ2) is 7.01. The lowest BCUT2D eigenvalue weighted by Gasteiger charge is -2.38. The Kier molecular flexibility index (Phi) is 4.84. The molecule has 0 saturated carbocycles. The fourth-order valence-corrected chi connectivity index (χ4v) is 3.38. The number of carbonyl (C=O) groups is 1. The van der Waals surface area contributed by atoms with Gasteiger partial charge in [-0.25, -0.2) is 4.79 Å². The van der Waals surface area contributed by atoms with Crippen molar-refractivity contribution in [2.45, 2.75) is 19.4 Å². The van der Waals surface area contributed by atoms with Gasteiger partial charge in [-0.05, 0) is 25.3 Å². The summed E-state index contributed by atoms with van der Waals surface area (Å²) in [7, 11) is 0. The first-order valence-corrected chi connectivity index (χ1v) is 7.85. The summed E-state index contributed by atoms with van der Waals surface area (Å²) < 4.78 is 0. The van der Waals surface area contributed by atoms with Crippen LogP contribution in [0.15, 0.2) is 0 Å². The predicted molar refractivity (Wildman–Crippen MR) is 78.2 cm³/mol. The van der Waals surface area contributed by atoms with E-state index in [-0.39, 0.29) is 0 Å². The molecule has 2 aliphatic rings. The number of piperidine rings is 1. The smallest absolute Gasteiger partial charge is 0.407 e. The number of carboxylic acid groups (broad SMARTS) is 1. The monoisotopic (exact) mass is 309 g/mol. The number of aromatic nitrogens is 4. The topological polar surface area (TPSA) is 101 Å². The lowest BCUT2D eigenvalue weighted by Crippen LogP contribution is -2.50. The van der Waals surface area contributed by atoms with E-state index in [2.05, 4.69) is 30.4 Å². The Morgan fingerprint density at radius 3 is 2.73 bits per heavy atom. The summed E-state index contributed by atoms with van der Waals surface area (Å²) >= 11 is 0. The molecule has 3 rings (SSSR count). The van der Waals surface area contributed by atoms with Crippen molar-refractivity contribution in [3.8, 4) is 0 Å². The first-order chi connectivity index (χ1) is 10.7. The molecule has 9 nitrogen and oxygen atoms in total. The highest BCUT2D eigenvalue weighted by atomic mass is 16.4. The molecule has 0 aromatic carbocycles. The van der Waals surface area contributed by atoms with Crippen LogP contribution in [0.4, 0.5) is 4.79 Å². The van der Waals surface area contributed by atoms with Crippen LogP contribution in [0.3, 0.4) is 0 Å². The van der Waals surface area contributed by atoms with Crippen LogP contribution < -0.4 is 0 Å². The second-order valence-corrected chi connectivity index (χ2v) is 6.14. The molecule has 1 amide bonds. The van der Waals surface area contributed by atoms with Crippen LogP contribution >= 0.6 is 0 Å². The SMILES string of the molecule is O=C(O)N1CCN(CC2CCCN(Cc3nn[nH]n3)C2)CC1. The van der Waals surface area contributed by atoms with Gasteiger partial charge in [0.2, 0.25) is 0 Å². The largest absolute Gasteiger partial charge is 0.465 e. The number of likely N-dealkylation sites (tertiary alicyclic amines) is 1. The van der Waals surface area contributed by atoms with E-state index in [0.717, 1.165) is 45.1 Å². The van der Waals surface area contributed by atoms with Gasteiger partial charge in [0.05, 0.1) is 6.54 Å². The fraction of sp³-hybridized carbons (Fsp3) is 0.846. The van der Waals surface area contributed by atoms with Crippen molar-refractivity contribution in [1.82, 2.24) is 35.3 Å². The molecule has 1 unspecified atom stereocenters. The van der Waals surface area contributed by atoms with Crippen molar-refractivity contribution >= 4 is 6.09 Å². The standard InChI is InChI=1S/C13H23N7O2/c21-13(22)20-6-4-18(5-7-20)8-11-2-1-3-19(9-11)10-12-14-16-17-15-12/h11H,1-10H2,(H,21,22)(H,14,15,16,17). The van der Waals surface area contributed by atoms with Crippen LogP contribution in [0.25, 0.3) is 0 Å². The third kappa shape index (κ3) is 3.92. The summed E-state index contributed by atoms with van der Waals surface area (Å²) in [5.41, 5.74) is 0. The zero-order valence-electron chi connectivity index (χ0n) is 12.7. The Morgan fingerprint density at radius 2 is 2.05 bits per heavy atom. The van der Waals surface area contributed by atoms with E-state index in [0.29, 0.717) is 19.0 Å². The molecule has 0 spiro atoms. The molecule has 2 N–H and O–H groups in total. The van der Waals surface area contributed by atoms with Gasteiger partial charge in [0, 0.05) is 39.3 Å². The Bertz CT molecular complexity index is 473. The summed E-state index contributed by atoms with van der Waals surface area (Å²) in [5, 5.41) is 23.1. The average Bonchev–Trinajstić information content (AvgIpc) is 3.01. The quantitative estimate of drug-likeness (QED) is 0.788. The van der Waals surface area contributed by atoms with Crippen LogP contribution in [0, 0.1) is 5.92 Å². The van der Waals surface area contributed by atoms with Crippen LogP contribution in [-0.4, -0.2) is 92.3 Å². The minimum atomic E-state index is -0.802. The van der Waals surface area contributed by atoms with Crippen LogP contribution in [0.2, 0.25) is 0 Å². The minimum Gasteiger partial charge on any atom is -0.465 e. The number of piperazine rings is 1. The molecule has 1 atom stereocenters. The zero-order chi connectivity index (χ0) is 15.4. The molecule has 1 aromatic heterocycles. The summed E-state index contributed by atoms with van der Waals surface area (Å²) in [5.74, 6) is 1.38. The molecule has 2 saturated heterocycles. The third-order valence-electron chi connectivity index (χ3n) is 4.52. The maximum atomic E-state index is 10.9. The molecule has 9 heteroatoms. The van der Waals surface area contributed by atoms with E-state index in [1.165, 1.54) is 17.7 Å². The molecule has 122 valence electrons. The van der Waals surface area contributed by atoms with Gasteiger partial charge in [0.1, 0.15) is 0 Å². The first kappa shape index (κ1) is 15.2. The number of amides is 1. The molecular formula is C13H23N7O2. The lowest BCUT2D eigenvalue weighted by atomic mass is 9.97. The van der Waals surface area contributed by atoms with E-state index in [4.69, 9.17) is 5.11 Å². The molecule has 2 aliphatic heterocycles. The van der Waals surface area contributed by atoms with E-state index in [1.54, 1.807) is 0 Å². The summed E-state index contributed by atoms with van der Waals surface area (Å²) in [4.78, 5) is 17.2. The number of nitrogens with zero attached hydrogens (tertiary/aromatic N) is 6. The van der Waals surface area contributed by atoms with Crippen LogP contribution in [0.1, 0.15) is 18.7 Å². The number of tetrazole rings is 1. The van der Waals surface area contributed by atoms with Crippen LogP contribution in [0.5, 0.6) is 0 Å². The van der Waals surface area contributed by atoms with Crippen molar-refractivity contribution in [3.63, 3.8) is 0 Å². The molecule has 0 aliphatic carbocycles. The van der Waals surface area contributed by atoms with Gasteiger partial charge in [0.15, 0.2) is 5.82 Å². The normalized spacial score (nSPS) is 24.5. The van der Waals surface area contributed by atoms with E-state index in [9.17, 15) is 4.79 Å². The van der Waals surface area contributed by atoms with Gasteiger partial charge in [-0.1, -0.05) is 5.21 Å². The number of hydrogen-bond donors (Lipinski definition) is 2. The lowest BCUT2D eigenvalue weighted by molar-refractivity contribution is 0.0808. The number of hydrogen-bond acceptors (Lipinski definition) is 6. The Balaban J connectivity index is 1.44. The summed E-state index contributed by atoms with van der Waals surface area (Å²) in [6.45, 7) is 6.85. The fourth-order valence-electron chi connectivity index (χ4n) is 3.38. The molecular weight excluding hydrogens is 286 g/mol. The molecule has 0 bridgehead atoms. The Morgan fingerprint density at radius 1 is 1.23 bits per heavy atom. The molecule has 0 radical (unpaired) electrons. The van der Waals surface area contributed by atoms with E-state index < -0.39 is 6.09 Å². The van der Waals surface area contributed by atoms with E-state index in [1.807, 2.05) is 0 Å². The molecule has 2 fully saturated rings. The van der Waals surface area contributed by atoms with Crippen molar-refractivity contribution in [3.05, 3.63) is 5.82 Å². The molecule has 3 heterocycles. The number of aromatic amines is 1. The highest BCUT2D eigenvalue weighted by molar-refractivity contribution is 5.65. The summed E-state index contributed by atoms with van der Waals surface area (Å²) in [6, 6.07) is 0. The second-order valence-electron chi connectivity index (χ2n) is 6.14. The maximum absolute atomic E-state index is 10.9. The first-order valence-electron chi connectivity index (χ1n) is 7.85. The number of rotatable bonds is 4. The highest BCUT2D eigenvalue weighted by Crippen LogP contribution is 2.19. The Hall–Kier alpha value is -1.74. The van der Waals surface area contributed by atoms with Gasteiger partial charge in [-0.15, -0.1) is 10.2 Å². The minimum absolute atomic E-state index is 0.620. The molecule has 22 heavy (non-hydrogen) atoms. The van der Waals surface area contributed by atoms with Gasteiger partial charge in [-0.3, -0.25) is 9.80 Å². The number of nitrogens with one attached hydrogen (secondary N) is 1. The van der Waals surface area contributed by atoms with Gasteiger partial charge in [-0.2, -0.15) is 5.21 Å².